The first-order valence-electron chi connectivity index (χ1n) is 5.30. The van der Waals surface area contributed by atoms with Gasteiger partial charge in [-0.15, -0.1) is 0 Å². The minimum absolute atomic E-state index is 0.251. The monoisotopic (exact) mass is 232 g/mol. The van der Waals surface area contributed by atoms with E-state index in [1.165, 1.54) is 0 Å². The van der Waals surface area contributed by atoms with Gasteiger partial charge in [-0.3, -0.25) is 4.79 Å². The topological polar surface area (TPSA) is 71.4 Å². The molecule has 0 spiro atoms. The molecule has 1 saturated heterocycles. The van der Waals surface area contributed by atoms with Crippen molar-refractivity contribution in [2.45, 2.75) is 6.10 Å². The smallest absolute Gasteiger partial charge is 0.255 e. The summed E-state index contributed by atoms with van der Waals surface area (Å²) >= 11 is 0. The molecule has 1 atom stereocenters. The van der Waals surface area contributed by atoms with Crippen molar-refractivity contribution in [3.8, 4) is 6.07 Å². The predicted octanol–water partition coefficient (Wildman–Crippen LogP) is 0.912. The van der Waals surface area contributed by atoms with Crippen molar-refractivity contribution in [3.05, 3.63) is 29.8 Å². The lowest BCUT2D eigenvalue weighted by Crippen LogP contribution is -2.39. The van der Waals surface area contributed by atoms with Gasteiger partial charge in [-0.05, 0) is 12.1 Å². The number of nitriles is 1. The standard InChI is InChI=1S/C12H12N2O3/c13-7-9-3-1-2-4-10(9)14-12(15)11-8-16-5-6-17-11/h1-4,11H,5-6,8H2,(H,14,15). The van der Waals surface area contributed by atoms with Gasteiger partial charge in [0.05, 0.1) is 31.1 Å². The molecule has 5 nitrogen and oxygen atoms in total. The molecule has 88 valence electrons. The van der Waals surface area contributed by atoms with Crippen LogP contribution in [0.3, 0.4) is 0 Å². The van der Waals surface area contributed by atoms with E-state index in [0.717, 1.165) is 0 Å². The van der Waals surface area contributed by atoms with Gasteiger partial charge in [-0.2, -0.15) is 5.26 Å². The summed E-state index contributed by atoms with van der Waals surface area (Å²) in [5, 5.41) is 11.5. The van der Waals surface area contributed by atoms with Crippen molar-refractivity contribution in [1.82, 2.24) is 0 Å². The Morgan fingerprint density at radius 2 is 2.24 bits per heavy atom. The molecule has 2 rings (SSSR count). The third-order valence-corrected chi connectivity index (χ3v) is 2.41. The van der Waals surface area contributed by atoms with Crippen molar-refractivity contribution in [2.75, 3.05) is 25.1 Å². The highest BCUT2D eigenvalue weighted by Crippen LogP contribution is 2.14. The molecule has 0 aromatic heterocycles. The van der Waals surface area contributed by atoms with Crippen LogP contribution in [0.2, 0.25) is 0 Å². The summed E-state index contributed by atoms with van der Waals surface area (Å²) in [5.74, 6) is -0.285. The first kappa shape index (κ1) is 11.6. The van der Waals surface area contributed by atoms with E-state index < -0.39 is 6.10 Å². The number of nitrogens with zero attached hydrogens (tertiary/aromatic N) is 1. The van der Waals surface area contributed by atoms with Crippen LogP contribution in [-0.2, 0) is 14.3 Å². The molecule has 0 aliphatic carbocycles. The number of para-hydroxylation sites is 1. The number of hydrogen-bond donors (Lipinski definition) is 1. The maximum absolute atomic E-state index is 11.8. The number of carbonyl (C=O) groups is 1. The fourth-order valence-corrected chi connectivity index (χ4v) is 1.54. The highest BCUT2D eigenvalue weighted by atomic mass is 16.6. The van der Waals surface area contributed by atoms with E-state index >= 15 is 0 Å². The Hall–Kier alpha value is -1.90. The largest absolute Gasteiger partial charge is 0.376 e. The quantitative estimate of drug-likeness (QED) is 0.822. The molecule has 1 aromatic rings. The van der Waals surface area contributed by atoms with E-state index in [0.29, 0.717) is 24.5 Å². The maximum Gasteiger partial charge on any atom is 0.255 e. The predicted molar refractivity (Wildman–Crippen MR) is 60.3 cm³/mol. The van der Waals surface area contributed by atoms with E-state index in [1.807, 2.05) is 6.07 Å². The average Bonchev–Trinajstić information content (AvgIpc) is 2.40. The molecule has 1 aliphatic rings. The van der Waals surface area contributed by atoms with Gasteiger partial charge in [0, 0.05) is 0 Å². The summed E-state index contributed by atoms with van der Waals surface area (Å²) in [7, 11) is 0. The second kappa shape index (κ2) is 5.43. The Morgan fingerprint density at radius 1 is 1.41 bits per heavy atom. The van der Waals surface area contributed by atoms with Crippen molar-refractivity contribution in [3.63, 3.8) is 0 Å². The Labute approximate surface area is 98.9 Å². The summed E-state index contributed by atoms with van der Waals surface area (Å²) in [6.45, 7) is 1.18. The summed E-state index contributed by atoms with van der Waals surface area (Å²) in [5.41, 5.74) is 0.923. The van der Waals surface area contributed by atoms with Crippen LogP contribution < -0.4 is 5.32 Å². The van der Waals surface area contributed by atoms with E-state index in [4.69, 9.17) is 14.7 Å². The van der Waals surface area contributed by atoms with E-state index in [-0.39, 0.29) is 12.5 Å². The SMILES string of the molecule is N#Cc1ccccc1NC(=O)C1COCCO1. The van der Waals surface area contributed by atoms with E-state index in [2.05, 4.69) is 5.32 Å². The van der Waals surface area contributed by atoms with Crippen LogP contribution in [0.1, 0.15) is 5.56 Å². The normalized spacial score (nSPS) is 19.4. The lowest BCUT2D eigenvalue weighted by molar-refractivity contribution is -0.142. The maximum atomic E-state index is 11.8. The van der Waals surface area contributed by atoms with Gasteiger partial charge in [-0.1, -0.05) is 12.1 Å². The first-order chi connectivity index (χ1) is 8.31. The summed E-state index contributed by atoms with van der Waals surface area (Å²) in [6.07, 6.45) is -0.601. The molecule has 1 amide bonds. The molecule has 1 heterocycles. The van der Waals surface area contributed by atoms with Crippen LogP contribution in [0, 0.1) is 11.3 Å². The molecule has 1 fully saturated rings. The zero-order valence-corrected chi connectivity index (χ0v) is 9.18. The summed E-state index contributed by atoms with van der Waals surface area (Å²) in [4.78, 5) is 11.8. The van der Waals surface area contributed by atoms with E-state index in [1.54, 1.807) is 24.3 Å². The highest BCUT2D eigenvalue weighted by molar-refractivity contribution is 5.95. The van der Waals surface area contributed by atoms with Crippen LogP contribution in [0.4, 0.5) is 5.69 Å². The molecule has 0 saturated carbocycles. The van der Waals surface area contributed by atoms with Gasteiger partial charge >= 0.3 is 0 Å². The Morgan fingerprint density at radius 3 is 2.94 bits per heavy atom. The lowest BCUT2D eigenvalue weighted by atomic mass is 10.2. The number of carbonyl (C=O) groups excluding carboxylic acids is 1. The molecular formula is C12H12N2O3. The van der Waals surface area contributed by atoms with Crippen LogP contribution in [-0.4, -0.2) is 31.8 Å². The minimum Gasteiger partial charge on any atom is -0.376 e. The molecule has 0 radical (unpaired) electrons. The fourth-order valence-electron chi connectivity index (χ4n) is 1.54. The Bertz CT molecular complexity index is 447. The van der Waals surface area contributed by atoms with Gasteiger partial charge in [0.25, 0.3) is 5.91 Å². The molecule has 0 bridgehead atoms. The first-order valence-corrected chi connectivity index (χ1v) is 5.30. The third-order valence-electron chi connectivity index (χ3n) is 2.41. The zero-order valence-electron chi connectivity index (χ0n) is 9.18. The molecule has 1 aromatic carbocycles. The van der Waals surface area contributed by atoms with Gasteiger partial charge in [0.1, 0.15) is 6.07 Å². The Balaban J connectivity index is 2.05. The number of anilines is 1. The van der Waals surface area contributed by atoms with Crippen molar-refractivity contribution < 1.29 is 14.3 Å². The molecule has 17 heavy (non-hydrogen) atoms. The summed E-state index contributed by atoms with van der Waals surface area (Å²) < 4.78 is 10.4. The number of benzene rings is 1. The van der Waals surface area contributed by atoms with Gasteiger partial charge < -0.3 is 14.8 Å². The third kappa shape index (κ3) is 2.81. The van der Waals surface area contributed by atoms with Crippen LogP contribution in [0.5, 0.6) is 0 Å². The van der Waals surface area contributed by atoms with Gasteiger partial charge in [-0.25, -0.2) is 0 Å². The summed E-state index contributed by atoms with van der Waals surface area (Å²) in [6, 6.07) is 8.85. The van der Waals surface area contributed by atoms with Gasteiger partial charge in [0.2, 0.25) is 0 Å². The van der Waals surface area contributed by atoms with E-state index in [9.17, 15) is 4.79 Å². The molecule has 1 N–H and O–H groups in total. The van der Waals surface area contributed by atoms with Crippen molar-refractivity contribution >= 4 is 11.6 Å². The van der Waals surface area contributed by atoms with Crippen molar-refractivity contribution in [1.29, 1.82) is 5.26 Å². The number of ether oxygens (including phenoxy) is 2. The van der Waals surface area contributed by atoms with Crippen molar-refractivity contribution in [2.24, 2.45) is 0 Å². The zero-order chi connectivity index (χ0) is 12.1. The number of rotatable bonds is 2. The van der Waals surface area contributed by atoms with Crippen LogP contribution in [0.15, 0.2) is 24.3 Å². The highest BCUT2D eigenvalue weighted by Gasteiger charge is 2.23. The Kier molecular flexibility index (Phi) is 3.70. The number of nitrogens with one attached hydrogen (secondary N) is 1. The number of amides is 1. The molecule has 5 heteroatoms. The fraction of sp³-hybridized carbons (Fsp3) is 0.333. The second-order valence-corrected chi connectivity index (χ2v) is 3.58. The van der Waals surface area contributed by atoms with Gasteiger partial charge in [0.15, 0.2) is 6.10 Å². The number of hydrogen-bond acceptors (Lipinski definition) is 4. The lowest BCUT2D eigenvalue weighted by Gasteiger charge is -2.22. The molecular weight excluding hydrogens is 220 g/mol. The molecule has 1 unspecified atom stereocenters. The van der Waals surface area contributed by atoms with Crippen LogP contribution >= 0.6 is 0 Å². The second-order valence-electron chi connectivity index (χ2n) is 3.58. The molecule has 1 aliphatic heterocycles. The van der Waals surface area contributed by atoms with Crippen LogP contribution in [0.25, 0.3) is 0 Å². The minimum atomic E-state index is -0.601. The average molecular weight is 232 g/mol.